The van der Waals surface area contributed by atoms with Gasteiger partial charge in [-0.15, -0.1) is 0 Å². The van der Waals surface area contributed by atoms with Crippen LogP contribution in [0.3, 0.4) is 0 Å². The molecule has 2 fully saturated rings. The van der Waals surface area contributed by atoms with Crippen molar-refractivity contribution in [2.45, 2.75) is 38.1 Å². The lowest BCUT2D eigenvalue weighted by atomic mass is 9.93. The van der Waals surface area contributed by atoms with Crippen molar-refractivity contribution in [1.29, 1.82) is 0 Å². The number of morpholine rings is 1. The minimum Gasteiger partial charge on any atom is -0.381 e. The Bertz CT molecular complexity index is 539. The van der Waals surface area contributed by atoms with E-state index in [-0.39, 0.29) is 11.8 Å². The first-order valence-corrected chi connectivity index (χ1v) is 10.0. The van der Waals surface area contributed by atoms with Gasteiger partial charge < -0.3 is 14.4 Å². The van der Waals surface area contributed by atoms with Crippen molar-refractivity contribution in [3.8, 4) is 0 Å². The molecule has 1 amide bonds. The first kappa shape index (κ1) is 19.3. The van der Waals surface area contributed by atoms with Crippen molar-refractivity contribution in [1.82, 2.24) is 9.80 Å². The van der Waals surface area contributed by atoms with Gasteiger partial charge in [0.05, 0.1) is 19.1 Å². The second-order valence-corrected chi connectivity index (χ2v) is 7.20. The molecular weight excluding hydrogens is 328 g/mol. The number of amides is 1. The molecule has 26 heavy (non-hydrogen) atoms. The Morgan fingerprint density at radius 3 is 2.42 bits per heavy atom. The predicted octanol–water partition coefficient (Wildman–Crippen LogP) is 2.52. The Morgan fingerprint density at radius 2 is 1.77 bits per heavy atom. The number of hydrogen-bond donors (Lipinski definition) is 0. The van der Waals surface area contributed by atoms with Crippen molar-refractivity contribution in [2.24, 2.45) is 0 Å². The van der Waals surface area contributed by atoms with Gasteiger partial charge in [0.1, 0.15) is 0 Å². The zero-order valence-electron chi connectivity index (χ0n) is 15.9. The number of hydrogen-bond acceptors (Lipinski definition) is 4. The summed E-state index contributed by atoms with van der Waals surface area (Å²) in [5.74, 6) is 0.225. The topological polar surface area (TPSA) is 42.0 Å². The maximum Gasteiger partial charge on any atom is 0.230 e. The predicted molar refractivity (Wildman–Crippen MR) is 102 cm³/mol. The van der Waals surface area contributed by atoms with Crippen LogP contribution in [0.1, 0.15) is 37.7 Å². The highest BCUT2D eigenvalue weighted by atomic mass is 16.5. The quantitative estimate of drug-likeness (QED) is 0.749. The molecule has 0 spiro atoms. The summed E-state index contributed by atoms with van der Waals surface area (Å²) >= 11 is 0. The van der Waals surface area contributed by atoms with Crippen LogP contribution in [-0.2, 0) is 14.3 Å². The molecule has 5 heteroatoms. The molecule has 0 bridgehead atoms. The minimum absolute atomic E-state index is 0.0521. The van der Waals surface area contributed by atoms with Gasteiger partial charge >= 0.3 is 0 Å². The smallest absolute Gasteiger partial charge is 0.230 e. The van der Waals surface area contributed by atoms with E-state index in [1.54, 1.807) is 0 Å². The SMILES string of the molecule is CCC(C(=O)N(CCN1CCOCC1)C1CCOCC1)c1ccccc1. The third-order valence-corrected chi connectivity index (χ3v) is 5.58. The summed E-state index contributed by atoms with van der Waals surface area (Å²) < 4.78 is 11.0. The summed E-state index contributed by atoms with van der Waals surface area (Å²) in [6.45, 7) is 8.88. The van der Waals surface area contributed by atoms with Crippen LogP contribution in [0.5, 0.6) is 0 Å². The number of carbonyl (C=O) groups is 1. The molecule has 0 aliphatic carbocycles. The summed E-state index contributed by atoms with van der Waals surface area (Å²) in [4.78, 5) is 18.1. The molecular formula is C21H32N2O3. The van der Waals surface area contributed by atoms with Crippen LogP contribution in [-0.4, -0.2) is 74.4 Å². The highest BCUT2D eigenvalue weighted by Crippen LogP contribution is 2.25. The van der Waals surface area contributed by atoms with E-state index in [2.05, 4.69) is 28.9 Å². The molecule has 0 N–H and O–H groups in total. The third-order valence-electron chi connectivity index (χ3n) is 5.58. The summed E-state index contributed by atoms with van der Waals surface area (Å²) in [5.41, 5.74) is 1.13. The van der Waals surface area contributed by atoms with E-state index < -0.39 is 0 Å². The molecule has 3 rings (SSSR count). The second kappa shape index (κ2) is 10.0. The van der Waals surface area contributed by atoms with Crippen LogP contribution >= 0.6 is 0 Å². The van der Waals surface area contributed by atoms with Crippen LogP contribution in [0, 0.1) is 0 Å². The summed E-state index contributed by atoms with van der Waals surface area (Å²) in [6.07, 6.45) is 2.72. The van der Waals surface area contributed by atoms with E-state index in [4.69, 9.17) is 9.47 Å². The Labute approximate surface area is 157 Å². The highest BCUT2D eigenvalue weighted by molar-refractivity contribution is 5.84. The van der Waals surface area contributed by atoms with Crippen molar-refractivity contribution in [2.75, 3.05) is 52.6 Å². The van der Waals surface area contributed by atoms with Crippen LogP contribution < -0.4 is 0 Å². The van der Waals surface area contributed by atoms with Gasteiger partial charge in [0.2, 0.25) is 5.91 Å². The number of carbonyl (C=O) groups excluding carboxylic acids is 1. The van der Waals surface area contributed by atoms with Crippen molar-refractivity contribution >= 4 is 5.91 Å². The van der Waals surface area contributed by atoms with Crippen LogP contribution in [0.15, 0.2) is 30.3 Å². The fourth-order valence-electron chi connectivity index (χ4n) is 3.98. The van der Waals surface area contributed by atoms with Gasteiger partial charge in [0.15, 0.2) is 0 Å². The van der Waals surface area contributed by atoms with E-state index in [0.29, 0.717) is 6.04 Å². The molecule has 2 aliphatic heterocycles. The molecule has 1 aromatic rings. The molecule has 0 saturated carbocycles. The summed E-state index contributed by atoms with van der Waals surface area (Å²) in [7, 11) is 0. The number of rotatable bonds is 7. The molecule has 2 aliphatic rings. The standard InChI is InChI=1S/C21H32N2O3/c1-2-20(18-6-4-3-5-7-18)21(24)23(19-8-14-25-15-9-19)11-10-22-12-16-26-17-13-22/h3-7,19-20H,2,8-17H2,1H3. The second-order valence-electron chi connectivity index (χ2n) is 7.20. The third kappa shape index (κ3) is 5.06. The average molecular weight is 360 g/mol. The highest BCUT2D eigenvalue weighted by Gasteiger charge is 2.31. The lowest BCUT2D eigenvalue weighted by Crippen LogP contribution is -2.49. The van der Waals surface area contributed by atoms with E-state index in [0.717, 1.165) is 77.4 Å². The van der Waals surface area contributed by atoms with Gasteiger partial charge in [-0.25, -0.2) is 0 Å². The summed E-state index contributed by atoms with van der Waals surface area (Å²) in [6, 6.07) is 10.5. The fraction of sp³-hybridized carbons (Fsp3) is 0.667. The molecule has 0 radical (unpaired) electrons. The van der Waals surface area contributed by atoms with Crippen molar-refractivity contribution in [3.05, 3.63) is 35.9 Å². The molecule has 144 valence electrons. The van der Waals surface area contributed by atoms with Gasteiger partial charge in [-0.05, 0) is 24.8 Å². The number of nitrogens with zero attached hydrogens (tertiary/aromatic N) is 2. The zero-order chi connectivity index (χ0) is 18.2. The van der Waals surface area contributed by atoms with Crippen LogP contribution in [0.25, 0.3) is 0 Å². The Kier molecular flexibility index (Phi) is 7.47. The van der Waals surface area contributed by atoms with Gasteiger partial charge in [-0.1, -0.05) is 37.3 Å². The molecule has 1 unspecified atom stereocenters. The Hall–Kier alpha value is -1.43. The molecule has 1 atom stereocenters. The lowest BCUT2D eigenvalue weighted by molar-refractivity contribution is -0.137. The Balaban J connectivity index is 1.71. The average Bonchev–Trinajstić information content (AvgIpc) is 2.71. The monoisotopic (exact) mass is 360 g/mol. The maximum atomic E-state index is 13.5. The maximum absolute atomic E-state index is 13.5. The van der Waals surface area contributed by atoms with Crippen LogP contribution in [0.2, 0.25) is 0 Å². The normalized spacial score (nSPS) is 20.7. The van der Waals surface area contributed by atoms with Gasteiger partial charge in [-0.3, -0.25) is 9.69 Å². The summed E-state index contributed by atoms with van der Waals surface area (Å²) in [5, 5.41) is 0. The largest absolute Gasteiger partial charge is 0.381 e. The fourth-order valence-corrected chi connectivity index (χ4v) is 3.98. The minimum atomic E-state index is -0.0521. The van der Waals surface area contributed by atoms with Gasteiger partial charge in [0, 0.05) is 45.4 Å². The van der Waals surface area contributed by atoms with E-state index in [9.17, 15) is 4.79 Å². The Morgan fingerprint density at radius 1 is 1.12 bits per heavy atom. The van der Waals surface area contributed by atoms with E-state index >= 15 is 0 Å². The van der Waals surface area contributed by atoms with Crippen molar-refractivity contribution in [3.63, 3.8) is 0 Å². The molecule has 1 aromatic carbocycles. The molecule has 2 heterocycles. The first-order chi connectivity index (χ1) is 12.8. The number of ether oxygens (including phenoxy) is 2. The molecule has 0 aromatic heterocycles. The van der Waals surface area contributed by atoms with Gasteiger partial charge in [-0.2, -0.15) is 0 Å². The van der Waals surface area contributed by atoms with Crippen LogP contribution in [0.4, 0.5) is 0 Å². The lowest BCUT2D eigenvalue weighted by Gasteiger charge is -2.38. The number of benzene rings is 1. The van der Waals surface area contributed by atoms with E-state index in [1.165, 1.54) is 0 Å². The first-order valence-electron chi connectivity index (χ1n) is 10.0. The molecule has 5 nitrogen and oxygen atoms in total. The van der Waals surface area contributed by atoms with E-state index in [1.807, 2.05) is 18.2 Å². The molecule has 2 saturated heterocycles. The van der Waals surface area contributed by atoms with Gasteiger partial charge in [0.25, 0.3) is 0 Å². The zero-order valence-corrected chi connectivity index (χ0v) is 15.9. The van der Waals surface area contributed by atoms with Crippen molar-refractivity contribution < 1.29 is 14.3 Å².